The normalized spacial score (nSPS) is 19.5. The summed E-state index contributed by atoms with van der Waals surface area (Å²) in [7, 11) is 0. The van der Waals surface area contributed by atoms with Crippen LogP contribution in [0.3, 0.4) is 0 Å². The van der Waals surface area contributed by atoms with Crippen LogP contribution in [0.4, 0.5) is 0 Å². The van der Waals surface area contributed by atoms with Gasteiger partial charge in [-0.3, -0.25) is 4.90 Å². The molecule has 2 rings (SSSR count). The summed E-state index contributed by atoms with van der Waals surface area (Å²) in [5, 5.41) is 10.6. The van der Waals surface area contributed by atoms with Gasteiger partial charge in [-0.25, -0.2) is 0 Å². The largest absolute Gasteiger partial charge is 0.386 e. The van der Waals surface area contributed by atoms with Gasteiger partial charge in [0.25, 0.3) is 0 Å². The fraction of sp³-hybridized carbons (Fsp3) is 0.600. The van der Waals surface area contributed by atoms with Gasteiger partial charge in [0.05, 0.1) is 6.10 Å². The van der Waals surface area contributed by atoms with E-state index < -0.39 is 6.10 Å². The molecule has 1 atom stereocenters. The Bertz CT molecular complexity index is 380. The topological polar surface area (TPSA) is 23.5 Å². The highest BCUT2D eigenvalue weighted by molar-refractivity contribution is 5.29. The van der Waals surface area contributed by atoms with Crippen molar-refractivity contribution in [2.45, 2.75) is 45.3 Å². The van der Waals surface area contributed by atoms with Crippen LogP contribution in [0.5, 0.6) is 0 Å². The molecule has 1 aliphatic heterocycles. The molecule has 0 aliphatic carbocycles. The Hall–Kier alpha value is -0.860. The van der Waals surface area contributed by atoms with Crippen LogP contribution in [-0.2, 0) is 0 Å². The number of nitrogens with zero attached hydrogens (tertiary/aromatic N) is 1. The molecule has 0 aromatic heterocycles. The van der Waals surface area contributed by atoms with Gasteiger partial charge in [-0.05, 0) is 57.8 Å². The number of hydrogen-bond donors (Lipinski definition) is 1. The number of aliphatic hydroxyl groups is 1. The molecule has 0 bridgehead atoms. The second-order valence-electron chi connectivity index (χ2n) is 5.61. The summed E-state index contributed by atoms with van der Waals surface area (Å²) in [5.41, 5.74) is 2.06. The molecule has 2 nitrogen and oxygen atoms in total. The van der Waals surface area contributed by atoms with Crippen molar-refractivity contribution in [2.24, 2.45) is 0 Å². The van der Waals surface area contributed by atoms with Crippen LogP contribution in [-0.4, -0.2) is 28.6 Å². The van der Waals surface area contributed by atoms with Gasteiger partial charge in [-0.15, -0.1) is 0 Å². The van der Waals surface area contributed by atoms with Gasteiger partial charge in [0.1, 0.15) is 0 Å². The van der Waals surface area contributed by atoms with Crippen molar-refractivity contribution >= 4 is 0 Å². The van der Waals surface area contributed by atoms with E-state index in [0.717, 1.165) is 18.7 Å². The average Bonchev–Trinajstić information content (AvgIpc) is 2.83. The second-order valence-corrected chi connectivity index (χ2v) is 5.61. The summed E-state index contributed by atoms with van der Waals surface area (Å²) in [5.74, 6) is 0. The van der Waals surface area contributed by atoms with E-state index in [0.29, 0.717) is 0 Å². The van der Waals surface area contributed by atoms with E-state index >= 15 is 0 Å². The van der Waals surface area contributed by atoms with Crippen LogP contribution < -0.4 is 0 Å². The third kappa shape index (κ3) is 2.38. The molecular weight excluding hydrogens is 210 g/mol. The second kappa shape index (κ2) is 4.79. The van der Waals surface area contributed by atoms with Gasteiger partial charge in [0.2, 0.25) is 0 Å². The lowest BCUT2D eigenvalue weighted by molar-refractivity contribution is 0.000973. The van der Waals surface area contributed by atoms with Crippen LogP contribution in [0.25, 0.3) is 0 Å². The predicted molar refractivity (Wildman–Crippen MR) is 71.0 cm³/mol. The smallest absolute Gasteiger partial charge is 0.0970 e. The van der Waals surface area contributed by atoms with E-state index in [-0.39, 0.29) is 5.54 Å². The maximum atomic E-state index is 10.6. The monoisotopic (exact) mass is 233 g/mol. The summed E-state index contributed by atoms with van der Waals surface area (Å²) < 4.78 is 0. The number of aryl methyl sites for hydroxylation is 1. The number of aliphatic hydroxyl groups excluding tert-OH is 1. The lowest BCUT2D eigenvalue weighted by Crippen LogP contribution is -2.47. The van der Waals surface area contributed by atoms with Gasteiger partial charge in [-0.1, -0.05) is 24.3 Å². The Morgan fingerprint density at radius 2 is 1.76 bits per heavy atom. The molecule has 1 saturated heterocycles. The Morgan fingerprint density at radius 1 is 1.18 bits per heavy atom. The molecule has 0 amide bonds. The van der Waals surface area contributed by atoms with Gasteiger partial charge in [-0.2, -0.15) is 0 Å². The van der Waals surface area contributed by atoms with Gasteiger partial charge >= 0.3 is 0 Å². The summed E-state index contributed by atoms with van der Waals surface area (Å²) in [6.45, 7) is 8.58. The number of hydrogen-bond acceptors (Lipinski definition) is 2. The molecule has 0 saturated carbocycles. The zero-order chi connectivity index (χ0) is 12.5. The number of rotatable bonds is 3. The molecule has 0 radical (unpaired) electrons. The van der Waals surface area contributed by atoms with Gasteiger partial charge in [0, 0.05) is 5.54 Å². The van der Waals surface area contributed by atoms with Crippen molar-refractivity contribution in [3.63, 3.8) is 0 Å². The van der Waals surface area contributed by atoms with Crippen LogP contribution in [0.1, 0.15) is 43.9 Å². The quantitative estimate of drug-likeness (QED) is 0.867. The molecule has 1 N–H and O–H groups in total. The summed E-state index contributed by atoms with van der Waals surface area (Å²) in [4.78, 5) is 2.41. The highest BCUT2D eigenvalue weighted by Gasteiger charge is 2.36. The highest BCUT2D eigenvalue weighted by Crippen LogP contribution is 2.34. The van der Waals surface area contributed by atoms with Crippen LogP contribution >= 0.6 is 0 Å². The molecule has 94 valence electrons. The zero-order valence-electron chi connectivity index (χ0n) is 11.1. The molecule has 1 unspecified atom stereocenters. The minimum absolute atomic E-state index is 0.178. The SMILES string of the molecule is Cc1ccccc1C(O)C(C)(C)N1CCCC1. The van der Waals surface area contributed by atoms with Crippen molar-refractivity contribution in [2.75, 3.05) is 13.1 Å². The minimum atomic E-state index is -0.415. The van der Waals surface area contributed by atoms with Crippen molar-refractivity contribution in [1.82, 2.24) is 4.90 Å². The molecule has 1 aromatic rings. The summed E-state index contributed by atoms with van der Waals surface area (Å²) >= 11 is 0. The first-order valence-electron chi connectivity index (χ1n) is 6.52. The maximum absolute atomic E-state index is 10.6. The van der Waals surface area contributed by atoms with E-state index in [2.05, 4.69) is 31.7 Å². The number of likely N-dealkylation sites (tertiary alicyclic amines) is 1. The number of benzene rings is 1. The third-order valence-corrected chi connectivity index (χ3v) is 4.07. The first-order chi connectivity index (χ1) is 8.03. The lowest BCUT2D eigenvalue weighted by Gasteiger charge is -2.40. The molecule has 1 heterocycles. The van der Waals surface area contributed by atoms with E-state index in [9.17, 15) is 5.11 Å². The average molecular weight is 233 g/mol. The standard InChI is InChI=1S/C15H23NO/c1-12-8-4-5-9-13(12)14(17)15(2,3)16-10-6-7-11-16/h4-5,8-9,14,17H,6-7,10-11H2,1-3H3. The van der Waals surface area contributed by atoms with Crippen molar-refractivity contribution in [3.05, 3.63) is 35.4 Å². The highest BCUT2D eigenvalue weighted by atomic mass is 16.3. The van der Waals surface area contributed by atoms with E-state index in [1.165, 1.54) is 18.4 Å². The molecule has 2 heteroatoms. The Morgan fingerprint density at radius 3 is 2.35 bits per heavy atom. The fourth-order valence-electron chi connectivity index (χ4n) is 2.74. The van der Waals surface area contributed by atoms with E-state index in [1.54, 1.807) is 0 Å². The molecule has 17 heavy (non-hydrogen) atoms. The summed E-state index contributed by atoms with van der Waals surface area (Å²) in [6, 6.07) is 8.14. The van der Waals surface area contributed by atoms with Gasteiger partial charge in [0.15, 0.2) is 0 Å². The Balaban J connectivity index is 2.24. The van der Waals surface area contributed by atoms with Crippen LogP contribution in [0.15, 0.2) is 24.3 Å². The fourth-order valence-corrected chi connectivity index (χ4v) is 2.74. The van der Waals surface area contributed by atoms with Crippen LogP contribution in [0.2, 0.25) is 0 Å². The predicted octanol–water partition coefficient (Wildman–Crippen LogP) is 2.90. The van der Waals surface area contributed by atoms with Crippen molar-refractivity contribution in [1.29, 1.82) is 0 Å². The minimum Gasteiger partial charge on any atom is -0.386 e. The molecule has 1 aromatic carbocycles. The van der Waals surface area contributed by atoms with Crippen LogP contribution in [0, 0.1) is 6.92 Å². The Labute approximate surface area is 104 Å². The van der Waals surface area contributed by atoms with E-state index in [1.807, 2.05) is 18.2 Å². The molecule has 1 aliphatic rings. The molecule has 0 spiro atoms. The maximum Gasteiger partial charge on any atom is 0.0970 e. The zero-order valence-corrected chi connectivity index (χ0v) is 11.1. The first-order valence-corrected chi connectivity index (χ1v) is 6.52. The third-order valence-electron chi connectivity index (χ3n) is 4.07. The first kappa shape index (κ1) is 12.6. The molecule has 1 fully saturated rings. The van der Waals surface area contributed by atoms with E-state index in [4.69, 9.17) is 0 Å². The van der Waals surface area contributed by atoms with Crippen molar-refractivity contribution < 1.29 is 5.11 Å². The lowest BCUT2D eigenvalue weighted by atomic mass is 9.87. The van der Waals surface area contributed by atoms with Crippen molar-refractivity contribution in [3.8, 4) is 0 Å². The summed E-state index contributed by atoms with van der Waals surface area (Å²) in [6.07, 6.45) is 2.09. The molecular formula is C15H23NO. The van der Waals surface area contributed by atoms with Gasteiger partial charge < -0.3 is 5.11 Å². The Kier molecular flexibility index (Phi) is 3.55.